The predicted octanol–water partition coefficient (Wildman–Crippen LogP) is 3.07. The summed E-state index contributed by atoms with van der Waals surface area (Å²) in [5.74, 6) is 0.141. The molecule has 0 spiro atoms. The minimum absolute atomic E-state index is 0.141. The average molecular weight is 219 g/mol. The van der Waals surface area contributed by atoms with E-state index >= 15 is 0 Å². The summed E-state index contributed by atoms with van der Waals surface area (Å²) in [4.78, 5) is 13.7. The molecule has 2 atom stereocenters. The van der Waals surface area contributed by atoms with Crippen LogP contribution in [-0.2, 0) is 4.79 Å². The minimum atomic E-state index is 0.141. The molecular weight excluding hydrogens is 198 g/mol. The van der Waals surface area contributed by atoms with Gasteiger partial charge in [0.1, 0.15) is 0 Å². The molecule has 0 aromatic heterocycles. The van der Waals surface area contributed by atoms with Gasteiger partial charge in [-0.25, -0.2) is 0 Å². The Labute approximate surface area is 98.3 Å². The van der Waals surface area contributed by atoms with E-state index in [1.807, 2.05) is 17.1 Å². The average Bonchev–Trinajstić information content (AvgIpc) is 2.17. The van der Waals surface area contributed by atoms with Gasteiger partial charge in [0.05, 0.1) is 6.04 Å². The summed E-state index contributed by atoms with van der Waals surface area (Å²) in [7, 11) is 0. The molecule has 0 saturated heterocycles. The highest BCUT2D eigenvalue weighted by atomic mass is 16.2. The maximum Gasteiger partial charge on any atom is 0.220 e. The van der Waals surface area contributed by atoms with Crippen molar-refractivity contribution in [2.45, 2.75) is 45.2 Å². The molecule has 0 fully saturated rings. The SMILES string of the molecule is C=CC[C@H]1CC(C)=C[C@H](CC=C)N1C(C)=O. The summed E-state index contributed by atoms with van der Waals surface area (Å²) < 4.78 is 0. The van der Waals surface area contributed by atoms with Gasteiger partial charge < -0.3 is 4.90 Å². The molecule has 0 bridgehead atoms. The number of carbonyl (C=O) groups excluding carboxylic acids is 1. The van der Waals surface area contributed by atoms with Gasteiger partial charge in [-0.3, -0.25) is 4.79 Å². The maximum absolute atomic E-state index is 11.7. The van der Waals surface area contributed by atoms with Crippen LogP contribution in [0.1, 0.15) is 33.1 Å². The molecule has 0 saturated carbocycles. The summed E-state index contributed by atoms with van der Waals surface area (Å²) in [6, 6.07) is 0.443. The van der Waals surface area contributed by atoms with Gasteiger partial charge in [0.25, 0.3) is 0 Å². The van der Waals surface area contributed by atoms with E-state index in [0.29, 0.717) is 0 Å². The van der Waals surface area contributed by atoms with E-state index < -0.39 is 0 Å². The van der Waals surface area contributed by atoms with Gasteiger partial charge in [-0.15, -0.1) is 13.2 Å². The molecule has 0 radical (unpaired) electrons. The summed E-state index contributed by atoms with van der Waals surface area (Å²) in [6.07, 6.45) is 8.59. The zero-order chi connectivity index (χ0) is 12.1. The van der Waals surface area contributed by atoms with E-state index in [4.69, 9.17) is 0 Å². The normalized spacial score (nSPS) is 24.9. The first-order chi connectivity index (χ1) is 7.60. The molecule has 1 aliphatic heterocycles. The standard InChI is InChI=1S/C14H21NO/c1-5-7-13-9-11(3)10-14(8-6-2)15(13)12(4)16/h5-6,9,13-14H,1-2,7-8,10H2,3-4H3/t13-,14-/m0/s1. The van der Waals surface area contributed by atoms with Gasteiger partial charge in [0.2, 0.25) is 5.91 Å². The van der Waals surface area contributed by atoms with Crippen molar-refractivity contribution in [3.05, 3.63) is 37.0 Å². The third-order valence-electron chi connectivity index (χ3n) is 3.00. The molecule has 1 aliphatic rings. The van der Waals surface area contributed by atoms with E-state index in [2.05, 4.69) is 26.2 Å². The number of carbonyl (C=O) groups is 1. The molecule has 0 aromatic rings. The lowest BCUT2D eigenvalue weighted by molar-refractivity contribution is -0.133. The molecule has 0 N–H and O–H groups in total. The second-order valence-corrected chi connectivity index (χ2v) is 4.41. The second kappa shape index (κ2) is 5.69. The van der Waals surface area contributed by atoms with Crippen molar-refractivity contribution in [3.8, 4) is 0 Å². The van der Waals surface area contributed by atoms with Crippen LogP contribution in [0.2, 0.25) is 0 Å². The minimum Gasteiger partial charge on any atom is -0.333 e. The van der Waals surface area contributed by atoms with Gasteiger partial charge in [0, 0.05) is 13.0 Å². The number of amides is 1. The van der Waals surface area contributed by atoms with Gasteiger partial charge in [-0.05, 0) is 26.2 Å². The number of hydrogen-bond donors (Lipinski definition) is 0. The first kappa shape index (κ1) is 12.8. The van der Waals surface area contributed by atoms with Gasteiger partial charge in [0.15, 0.2) is 0 Å². The van der Waals surface area contributed by atoms with Crippen molar-refractivity contribution in [3.63, 3.8) is 0 Å². The van der Waals surface area contributed by atoms with Crippen LogP contribution in [0.25, 0.3) is 0 Å². The quantitative estimate of drug-likeness (QED) is 0.665. The van der Waals surface area contributed by atoms with Crippen molar-refractivity contribution < 1.29 is 4.79 Å². The first-order valence-corrected chi connectivity index (χ1v) is 5.78. The van der Waals surface area contributed by atoms with E-state index in [0.717, 1.165) is 19.3 Å². The summed E-state index contributed by atoms with van der Waals surface area (Å²) in [5, 5.41) is 0. The highest BCUT2D eigenvalue weighted by Crippen LogP contribution is 2.26. The van der Waals surface area contributed by atoms with E-state index in [-0.39, 0.29) is 18.0 Å². The van der Waals surface area contributed by atoms with Crippen LogP contribution >= 0.6 is 0 Å². The highest BCUT2D eigenvalue weighted by Gasteiger charge is 2.29. The molecule has 1 rings (SSSR count). The van der Waals surface area contributed by atoms with Crippen molar-refractivity contribution >= 4 is 5.91 Å². The number of hydrogen-bond acceptors (Lipinski definition) is 1. The van der Waals surface area contributed by atoms with Crippen LogP contribution in [0.5, 0.6) is 0 Å². The molecule has 0 aromatic carbocycles. The number of nitrogens with zero attached hydrogens (tertiary/aromatic N) is 1. The molecular formula is C14H21NO. The molecule has 0 aliphatic carbocycles. The Hall–Kier alpha value is -1.31. The fraction of sp³-hybridized carbons (Fsp3) is 0.500. The zero-order valence-electron chi connectivity index (χ0n) is 10.3. The lowest BCUT2D eigenvalue weighted by Crippen LogP contribution is -2.47. The van der Waals surface area contributed by atoms with E-state index in [1.54, 1.807) is 6.92 Å². The van der Waals surface area contributed by atoms with Crippen LogP contribution in [0, 0.1) is 0 Å². The van der Waals surface area contributed by atoms with Crippen molar-refractivity contribution in [1.82, 2.24) is 4.90 Å². The Balaban J connectivity index is 2.94. The van der Waals surface area contributed by atoms with Gasteiger partial charge in [-0.1, -0.05) is 23.8 Å². The smallest absolute Gasteiger partial charge is 0.220 e. The first-order valence-electron chi connectivity index (χ1n) is 5.78. The maximum atomic E-state index is 11.7. The van der Waals surface area contributed by atoms with Crippen molar-refractivity contribution in [2.75, 3.05) is 0 Å². The Kier molecular flexibility index (Phi) is 4.53. The summed E-state index contributed by atoms with van der Waals surface area (Å²) in [6.45, 7) is 11.3. The fourth-order valence-corrected chi connectivity index (χ4v) is 2.45. The molecule has 2 heteroatoms. The second-order valence-electron chi connectivity index (χ2n) is 4.41. The molecule has 16 heavy (non-hydrogen) atoms. The van der Waals surface area contributed by atoms with Crippen LogP contribution in [-0.4, -0.2) is 22.9 Å². The Bertz CT molecular complexity index is 317. The fourth-order valence-electron chi connectivity index (χ4n) is 2.45. The van der Waals surface area contributed by atoms with Crippen LogP contribution < -0.4 is 0 Å². The zero-order valence-corrected chi connectivity index (χ0v) is 10.3. The third-order valence-corrected chi connectivity index (χ3v) is 3.00. The molecule has 88 valence electrons. The van der Waals surface area contributed by atoms with Crippen molar-refractivity contribution in [2.24, 2.45) is 0 Å². The molecule has 1 amide bonds. The largest absolute Gasteiger partial charge is 0.333 e. The third kappa shape index (κ3) is 2.84. The molecule has 2 nitrogen and oxygen atoms in total. The molecule has 0 unspecified atom stereocenters. The summed E-state index contributed by atoms with van der Waals surface area (Å²) >= 11 is 0. The number of rotatable bonds is 4. The highest BCUT2D eigenvalue weighted by molar-refractivity contribution is 5.74. The lowest BCUT2D eigenvalue weighted by Gasteiger charge is -2.39. The predicted molar refractivity (Wildman–Crippen MR) is 68.1 cm³/mol. The van der Waals surface area contributed by atoms with Crippen LogP contribution in [0.15, 0.2) is 37.0 Å². The Morgan fingerprint density at radius 3 is 2.62 bits per heavy atom. The Morgan fingerprint density at radius 1 is 1.50 bits per heavy atom. The van der Waals surface area contributed by atoms with E-state index in [1.165, 1.54) is 5.57 Å². The topological polar surface area (TPSA) is 20.3 Å². The van der Waals surface area contributed by atoms with Crippen LogP contribution in [0.4, 0.5) is 0 Å². The van der Waals surface area contributed by atoms with Gasteiger partial charge >= 0.3 is 0 Å². The van der Waals surface area contributed by atoms with Gasteiger partial charge in [-0.2, -0.15) is 0 Å². The summed E-state index contributed by atoms with van der Waals surface area (Å²) in [5.41, 5.74) is 1.36. The molecule has 1 heterocycles. The van der Waals surface area contributed by atoms with Crippen LogP contribution in [0.3, 0.4) is 0 Å². The monoisotopic (exact) mass is 219 g/mol. The van der Waals surface area contributed by atoms with Crippen molar-refractivity contribution in [1.29, 1.82) is 0 Å². The lowest BCUT2D eigenvalue weighted by atomic mass is 9.92. The Morgan fingerprint density at radius 2 is 2.12 bits per heavy atom. The van der Waals surface area contributed by atoms with E-state index in [9.17, 15) is 4.79 Å².